The van der Waals surface area contributed by atoms with Crippen LogP contribution >= 0.6 is 0 Å². The standard InChI is InChI=1S/C50H48N2O.Pt/c1-48(2,3)34-17-14-16-33(26-34)47-43-21-11-10-20-41(43)42-25-24-40(31-44(42)47)53-39-19-15-18-37(30-39)51-32-52(46-23-13-12-22-45(46)51)38-28-35(49(4,5)6)27-36(29-38)50(7,8)9;/h10-15,17-29,32,47H,1-9H3;/q-4;+4. The number of ether oxygens (including phenoxy) is 1. The molecule has 0 aromatic heterocycles. The number of hydrogen-bond acceptors (Lipinski definition) is 3. The Kier molecular flexibility index (Phi) is 9.72. The predicted octanol–water partition coefficient (Wildman–Crippen LogP) is 13.3. The van der Waals surface area contributed by atoms with Crippen LogP contribution in [0.2, 0.25) is 0 Å². The second kappa shape index (κ2) is 13.9. The van der Waals surface area contributed by atoms with E-state index in [0.29, 0.717) is 11.5 Å². The first kappa shape index (κ1) is 37.7. The molecule has 1 heterocycles. The first-order valence-corrected chi connectivity index (χ1v) is 18.7. The number of hydrogen-bond donors (Lipinski definition) is 0. The number of anilines is 4. The van der Waals surface area contributed by atoms with E-state index in [0.717, 1.165) is 33.9 Å². The molecule has 4 heteroatoms. The fourth-order valence-electron chi connectivity index (χ4n) is 7.48. The van der Waals surface area contributed by atoms with Gasteiger partial charge in [0.2, 0.25) is 0 Å². The molecule has 6 aromatic rings. The SMILES string of the molecule is CC(C)(C)c1cc[c-]c(C2c3[c-]c(Oc4[c-]c(N5[CH-]N(c6cc(C(C)(C)C)cc(C(C)(C)C)c6)c6ccccc65)ccc4)ccc3-c3ccccc32)c1.[Pt+4]. The van der Waals surface area contributed by atoms with Crippen LogP contribution < -0.4 is 14.5 Å². The Morgan fingerprint density at radius 2 is 1.20 bits per heavy atom. The molecule has 6 aromatic carbocycles. The summed E-state index contributed by atoms with van der Waals surface area (Å²) in [5.74, 6) is 1.34. The Balaban J connectivity index is 0.00000450. The second-order valence-electron chi connectivity index (χ2n) is 17.6. The average molecular weight is 888 g/mol. The van der Waals surface area contributed by atoms with Gasteiger partial charge in [-0.15, -0.1) is 53.8 Å². The van der Waals surface area contributed by atoms with Gasteiger partial charge in [0.1, 0.15) is 0 Å². The van der Waals surface area contributed by atoms with Crippen molar-refractivity contribution in [1.82, 2.24) is 0 Å². The van der Waals surface area contributed by atoms with E-state index < -0.39 is 0 Å². The fraction of sp³-hybridized carbons (Fsp3) is 0.260. The van der Waals surface area contributed by atoms with Gasteiger partial charge in [0, 0.05) is 28.6 Å². The topological polar surface area (TPSA) is 15.7 Å². The molecule has 0 amide bonds. The first-order chi connectivity index (χ1) is 25.1. The van der Waals surface area contributed by atoms with Gasteiger partial charge in [0.15, 0.2) is 0 Å². The monoisotopic (exact) mass is 887 g/mol. The largest absolute Gasteiger partial charge is 4.00 e. The van der Waals surface area contributed by atoms with Gasteiger partial charge in [0.05, 0.1) is 0 Å². The van der Waals surface area contributed by atoms with E-state index in [-0.39, 0.29) is 43.2 Å². The molecule has 274 valence electrons. The zero-order chi connectivity index (χ0) is 37.3. The fourth-order valence-corrected chi connectivity index (χ4v) is 7.48. The average Bonchev–Trinajstić information content (AvgIpc) is 3.67. The molecule has 1 aliphatic heterocycles. The van der Waals surface area contributed by atoms with Crippen LogP contribution in [0.1, 0.15) is 102 Å². The van der Waals surface area contributed by atoms with Crippen LogP contribution in [0.5, 0.6) is 11.5 Å². The summed E-state index contributed by atoms with van der Waals surface area (Å²) >= 11 is 0. The van der Waals surface area contributed by atoms with Crippen molar-refractivity contribution in [3.63, 3.8) is 0 Å². The third kappa shape index (κ3) is 7.04. The van der Waals surface area contributed by atoms with E-state index >= 15 is 0 Å². The molecule has 0 bridgehead atoms. The van der Waals surface area contributed by atoms with Gasteiger partial charge in [-0.25, -0.2) is 0 Å². The Labute approximate surface area is 337 Å². The number of para-hydroxylation sites is 2. The number of rotatable bonds is 5. The minimum absolute atomic E-state index is 0. The van der Waals surface area contributed by atoms with Gasteiger partial charge < -0.3 is 14.5 Å². The number of nitrogens with zero attached hydrogens (tertiary/aromatic N) is 2. The molecule has 1 atom stereocenters. The molecule has 3 nitrogen and oxygen atoms in total. The van der Waals surface area contributed by atoms with Crippen molar-refractivity contribution in [3.05, 3.63) is 174 Å². The van der Waals surface area contributed by atoms with E-state index in [1.54, 1.807) is 0 Å². The molecule has 0 radical (unpaired) electrons. The van der Waals surface area contributed by atoms with E-state index in [4.69, 9.17) is 4.74 Å². The Bertz CT molecular complexity index is 2310. The third-order valence-corrected chi connectivity index (χ3v) is 10.6. The molecule has 0 fully saturated rings. The van der Waals surface area contributed by atoms with Crippen molar-refractivity contribution in [2.45, 2.75) is 84.5 Å². The summed E-state index contributed by atoms with van der Waals surface area (Å²) in [6.07, 6.45) is 0. The molecular formula is C50H48N2OPt. The van der Waals surface area contributed by atoms with E-state index in [9.17, 15) is 0 Å². The zero-order valence-corrected chi connectivity index (χ0v) is 35.0. The van der Waals surface area contributed by atoms with E-state index in [1.165, 1.54) is 33.4 Å². The first-order valence-electron chi connectivity index (χ1n) is 18.7. The van der Waals surface area contributed by atoms with Crippen LogP contribution in [0.25, 0.3) is 11.1 Å². The Hall–Kier alpha value is -4.59. The van der Waals surface area contributed by atoms with Crippen molar-refractivity contribution < 1.29 is 25.8 Å². The molecule has 0 spiro atoms. The van der Waals surface area contributed by atoms with Crippen LogP contribution in [0.3, 0.4) is 0 Å². The molecular weight excluding hydrogens is 840 g/mol. The van der Waals surface area contributed by atoms with Crippen molar-refractivity contribution in [2.24, 2.45) is 0 Å². The van der Waals surface area contributed by atoms with Crippen LogP contribution in [0.4, 0.5) is 22.7 Å². The van der Waals surface area contributed by atoms with Crippen LogP contribution in [-0.4, -0.2) is 0 Å². The Morgan fingerprint density at radius 3 is 1.89 bits per heavy atom. The maximum absolute atomic E-state index is 6.60. The van der Waals surface area contributed by atoms with E-state index in [1.807, 2.05) is 18.2 Å². The van der Waals surface area contributed by atoms with Gasteiger partial charge in [0.25, 0.3) is 0 Å². The molecule has 0 N–H and O–H groups in total. The second-order valence-corrected chi connectivity index (χ2v) is 17.6. The van der Waals surface area contributed by atoms with E-state index in [2.05, 4.69) is 194 Å². The van der Waals surface area contributed by atoms with Crippen molar-refractivity contribution in [3.8, 4) is 22.6 Å². The minimum Gasteiger partial charge on any atom is -0.509 e. The summed E-state index contributed by atoms with van der Waals surface area (Å²) in [7, 11) is 0. The van der Waals surface area contributed by atoms with Crippen molar-refractivity contribution >= 4 is 22.7 Å². The molecule has 0 saturated carbocycles. The molecule has 2 aliphatic rings. The molecule has 54 heavy (non-hydrogen) atoms. The quantitative estimate of drug-likeness (QED) is 0.160. The molecule has 1 aliphatic carbocycles. The molecule has 0 saturated heterocycles. The van der Waals surface area contributed by atoms with Crippen LogP contribution in [0, 0.1) is 24.9 Å². The van der Waals surface area contributed by atoms with Crippen LogP contribution in [-0.2, 0) is 37.3 Å². The van der Waals surface area contributed by atoms with Crippen molar-refractivity contribution in [1.29, 1.82) is 0 Å². The number of fused-ring (bicyclic) bond motifs is 4. The summed E-state index contributed by atoms with van der Waals surface area (Å²) in [6, 6.07) is 52.0. The normalized spacial score (nSPS) is 15.0. The van der Waals surface area contributed by atoms with Gasteiger partial charge in [-0.3, -0.25) is 0 Å². The minimum atomic E-state index is 0. The van der Waals surface area contributed by atoms with Gasteiger partial charge >= 0.3 is 21.1 Å². The summed E-state index contributed by atoms with van der Waals surface area (Å²) in [5, 5.41) is 0. The summed E-state index contributed by atoms with van der Waals surface area (Å²) in [5.41, 5.74) is 14.3. The van der Waals surface area contributed by atoms with Gasteiger partial charge in [-0.1, -0.05) is 110 Å². The zero-order valence-electron chi connectivity index (χ0n) is 32.7. The maximum atomic E-state index is 6.60. The summed E-state index contributed by atoms with van der Waals surface area (Å²) < 4.78 is 6.60. The van der Waals surface area contributed by atoms with Crippen LogP contribution in [0.15, 0.2) is 115 Å². The van der Waals surface area contributed by atoms with Gasteiger partial charge in [-0.05, 0) is 63.1 Å². The molecule has 8 rings (SSSR count). The van der Waals surface area contributed by atoms with Gasteiger partial charge in [-0.2, -0.15) is 47.5 Å². The third-order valence-electron chi connectivity index (χ3n) is 10.6. The number of benzene rings is 6. The Morgan fingerprint density at radius 1 is 0.574 bits per heavy atom. The molecule has 1 unspecified atom stereocenters. The smallest absolute Gasteiger partial charge is 0.509 e. The predicted molar refractivity (Wildman–Crippen MR) is 220 cm³/mol. The van der Waals surface area contributed by atoms with Crippen molar-refractivity contribution in [2.75, 3.05) is 9.80 Å². The maximum Gasteiger partial charge on any atom is 4.00 e. The summed E-state index contributed by atoms with van der Waals surface area (Å²) in [6.45, 7) is 22.7. The summed E-state index contributed by atoms with van der Waals surface area (Å²) in [4.78, 5) is 4.51.